The van der Waals surface area contributed by atoms with Crippen LogP contribution < -0.4 is 0 Å². The molecule has 0 amide bonds. The summed E-state index contributed by atoms with van der Waals surface area (Å²) in [5.74, 6) is 0.403. The predicted molar refractivity (Wildman–Crippen MR) is 95.9 cm³/mol. The second-order valence-corrected chi connectivity index (χ2v) is 7.74. The predicted octanol–water partition coefficient (Wildman–Crippen LogP) is 3.07. The van der Waals surface area contributed by atoms with Crippen molar-refractivity contribution in [2.75, 3.05) is 6.26 Å². The molecule has 2 rings (SSSR count). The summed E-state index contributed by atoms with van der Waals surface area (Å²) >= 11 is 1.46. The van der Waals surface area contributed by atoms with Gasteiger partial charge in [0, 0.05) is 12.2 Å². The number of aryl methyl sites for hydroxylation is 3. The van der Waals surface area contributed by atoms with Crippen LogP contribution >= 0.6 is 11.8 Å². The highest BCUT2D eigenvalue weighted by Crippen LogP contribution is 2.25. The first kappa shape index (κ1) is 20.0. The zero-order chi connectivity index (χ0) is 18.4. The number of rotatable bonds is 10. The van der Waals surface area contributed by atoms with Gasteiger partial charge in [0.1, 0.15) is 11.9 Å². The van der Waals surface area contributed by atoms with Gasteiger partial charge in [-0.25, -0.2) is 9.17 Å². The van der Waals surface area contributed by atoms with E-state index >= 15 is 0 Å². The highest BCUT2D eigenvalue weighted by atomic mass is 32.3. The number of unbranched alkanes of at least 4 members (excludes halogenated alkanes) is 2. The van der Waals surface area contributed by atoms with E-state index in [1.54, 1.807) is 6.20 Å². The number of hydrogen-bond donors (Lipinski definition) is 2. The Morgan fingerprint density at radius 3 is 2.68 bits per heavy atom. The van der Waals surface area contributed by atoms with Crippen molar-refractivity contribution < 1.29 is 17.2 Å². The Kier molecular flexibility index (Phi) is 7.05. The average Bonchev–Trinajstić information content (AvgIpc) is 3.11. The molecule has 0 aliphatic carbocycles. The normalized spacial score (nSPS) is 13.3. The Bertz CT molecular complexity index is 785. The van der Waals surface area contributed by atoms with E-state index in [2.05, 4.69) is 15.1 Å². The lowest BCUT2D eigenvalue weighted by Gasteiger charge is -2.13. The number of imidazole rings is 1. The highest BCUT2D eigenvalue weighted by Gasteiger charge is 2.22. The van der Waals surface area contributed by atoms with Crippen LogP contribution in [0.2, 0.25) is 0 Å². The molecule has 2 aromatic rings. The highest BCUT2D eigenvalue weighted by molar-refractivity contribution is 7.98. The summed E-state index contributed by atoms with van der Waals surface area (Å²) in [6.07, 6.45) is 5.68. The minimum Gasteiger partial charge on any atom is -0.335 e. The largest absolute Gasteiger partial charge is 0.398 e. The third kappa shape index (κ3) is 6.46. The van der Waals surface area contributed by atoms with Crippen molar-refractivity contribution in [3.8, 4) is 0 Å². The number of H-pyrrole nitrogens is 1. The van der Waals surface area contributed by atoms with Gasteiger partial charge in [0.25, 0.3) is 0 Å². The minimum absolute atomic E-state index is 0.403. The molecular formula is C15H24N4O4S2. The van der Waals surface area contributed by atoms with Gasteiger partial charge in [0.05, 0.1) is 16.9 Å². The summed E-state index contributed by atoms with van der Waals surface area (Å²) in [4.78, 5) is 7.14. The van der Waals surface area contributed by atoms with Crippen molar-refractivity contribution in [3.63, 3.8) is 0 Å². The maximum atomic E-state index is 11.1. The van der Waals surface area contributed by atoms with Gasteiger partial charge in [-0.05, 0) is 39.0 Å². The first-order valence-electron chi connectivity index (χ1n) is 8.04. The van der Waals surface area contributed by atoms with E-state index in [9.17, 15) is 8.42 Å². The Morgan fingerprint density at radius 1 is 1.36 bits per heavy atom. The summed E-state index contributed by atoms with van der Waals surface area (Å²) in [5.41, 5.74) is 2.13. The number of nitrogens with zero attached hydrogens (tertiary/aromatic N) is 3. The Labute approximate surface area is 152 Å². The molecule has 1 atom stereocenters. The fourth-order valence-corrected chi connectivity index (χ4v) is 3.48. The summed E-state index contributed by atoms with van der Waals surface area (Å²) in [5, 5.41) is 5.22. The lowest BCUT2D eigenvalue weighted by molar-refractivity contribution is 0.163. The molecular weight excluding hydrogens is 364 g/mol. The molecule has 1 unspecified atom stereocenters. The summed E-state index contributed by atoms with van der Waals surface area (Å²) < 4.78 is 37.9. The molecule has 2 N–H and O–H groups in total. The molecule has 0 aliphatic rings. The van der Waals surface area contributed by atoms with Gasteiger partial charge in [0.15, 0.2) is 0 Å². The second-order valence-electron chi connectivity index (χ2n) is 5.85. The maximum absolute atomic E-state index is 11.1. The van der Waals surface area contributed by atoms with E-state index in [1.807, 2.05) is 30.9 Å². The molecule has 0 aliphatic heterocycles. The van der Waals surface area contributed by atoms with Crippen LogP contribution in [0.3, 0.4) is 0 Å². The molecule has 0 saturated heterocycles. The second kappa shape index (κ2) is 8.84. The average molecular weight is 389 g/mol. The smallest absolute Gasteiger partial charge is 0.335 e. The van der Waals surface area contributed by atoms with Crippen molar-refractivity contribution >= 4 is 22.2 Å². The first-order valence-corrected chi connectivity index (χ1v) is 10.6. The van der Waals surface area contributed by atoms with Crippen molar-refractivity contribution in [2.45, 2.75) is 57.2 Å². The quantitative estimate of drug-likeness (QED) is 0.365. The lowest BCUT2D eigenvalue weighted by Crippen LogP contribution is -2.12. The van der Waals surface area contributed by atoms with Crippen molar-refractivity contribution in [3.05, 3.63) is 29.5 Å². The zero-order valence-corrected chi connectivity index (χ0v) is 16.2. The van der Waals surface area contributed by atoms with Crippen LogP contribution in [0.25, 0.3) is 0 Å². The SMILES string of the molecule is CSc1cnc(C(CCCCCn2nc(C)cc2C)OS(=O)(=O)O)[nH]1. The molecule has 10 heteroatoms. The topological polar surface area (TPSA) is 110 Å². The number of hydrogen-bond acceptors (Lipinski definition) is 6. The van der Waals surface area contributed by atoms with E-state index in [4.69, 9.17) is 8.74 Å². The maximum Gasteiger partial charge on any atom is 0.398 e. The van der Waals surface area contributed by atoms with Crippen LogP contribution in [0.4, 0.5) is 0 Å². The molecule has 8 nitrogen and oxygen atoms in total. The van der Waals surface area contributed by atoms with Gasteiger partial charge in [-0.3, -0.25) is 9.23 Å². The molecule has 2 heterocycles. The zero-order valence-electron chi connectivity index (χ0n) is 14.6. The molecule has 0 saturated carbocycles. The molecule has 0 bridgehead atoms. The number of nitrogens with one attached hydrogen (secondary N) is 1. The van der Waals surface area contributed by atoms with Gasteiger partial charge in [-0.2, -0.15) is 13.5 Å². The molecule has 0 spiro atoms. The van der Waals surface area contributed by atoms with E-state index in [0.29, 0.717) is 12.2 Å². The number of aromatic amines is 1. The minimum atomic E-state index is -4.54. The molecule has 25 heavy (non-hydrogen) atoms. The van der Waals surface area contributed by atoms with Gasteiger partial charge in [-0.15, -0.1) is 11.8 Å². The third-order valence-corrected chi connectivity index (χ3v) is 4.90. The first-order chi connectivity index (χ1) is 11.8. The van der Waals surface area contributed by atoms with Gasteiger partial charge < -0.3 is 4.98 Å². The van der Waals surface area contributed by atoms with Crippen molar-refractivity contribution in [1.82, 2.24) is 19.7 Å². The fraction of sp³-hybridized carbons (Fsp3) is 0.600. The Balaban J connectivity index is 1.85. The summed E-state index contributed by atoms with van der Waals surface area (Å²) in [7, 11) is -4.54. The Hall–Kier alpha value is -1.36. The monoisotopic (exact) mass is 388 g/mol. The molecule has 2 aromatic heterocycles. The fourth-order valence-electron chi connectivity index (χ4n) is 2.63. The Morgan fingerprint density at radius 2 is 2.12 bits per heavy atom. The van der Waals surface area contributed by atoms with Crippen LogP contribution in [0.15, 0.2) is 17.3 Å². The van der Waals surface area contributed by atoms with Crippen molar-refractivity contribution in [2.24, 2.45) is 0 Å². The third-order valence-electron chi connectivity index (χ3n) is 3.77. The lowest BCUT2D eigenvalue weighted by atomic mass is 10.1. The van der Waals surface area contributed by atoms with E-state index < -0.39 is 16.5 Å². The molecule has 0 radical (unpaired) electrons. The van der Waals surface area contributed by atoms with Gasteiger partial charge >= 0.3 is 10.4 Å². The number of thioether (sulfide) groups is 1. The molecule has 0 aromatic carbocycles. The standard InChI is InChI=1S/C15H24N4O4S2/c1-11-9-12(2)19(18-11)8-6-4-5-7-13(23-25(20,21)22)15-16-10-14(17-15)24-3/h9-10,13H,4-8H2,1-3H3,(H,16,17)(H,20,21,22). The summed E-state index contributed by atoms with van der Waals surface area (Å²) in [6.45, 7) is 4.81. The summed E-state index contributed by atoms with van der Waals surface area (Å²) in [6, 6.07) is 2.04. The number of aromatic nitrogens is 4. The van der Waals surface area contributed by atoms with E-state index in [-0.39, 0.29) is 0 Å². The van der Waals surface area contributed by atoms with Crippen LogP contribution in [0, 0.1) is 13.8 Å². The van der Waals surface area contributed by atoms with Crippen LogP contribution in [0.5, 0.6) is 0 Å². The van der Waals surface area contributed by atoms with Crippen LogP contribution in [-0.4, -0.2) is 39.0 Å². The van der Waals surface area contributed by atoms with Crippen LogP contribution in [0.1, 0.15) is 49.0 Å². The van der Waals surface area contributed by atoms with E-state index in [1.165, 1.54) is 11.8 Å². The van der Waals surface area contributed by atoms with Crippen molar-refractivity contribution in [1.29, 1.82) is 0 Å². The molecule has 140 valence electrons. The molecule has 0 fully saturated rings. The van der Waals surface area contributed by atoms with Gasteiger partial charge in [-0.1, -0.05) is 12.8 Å². The van der Waals surface area contributed by atoms with Gasteiger partial charge in [0.2, 0.25) is 0 Å². The van der Waals surface area contributed by atoms with E-state index in [0.717, 1.165) is 42.2 Å². The van der Waals surface area contributed by atoms with Crippen LogP contribution in [-0.2, 0) is 21.1 Å².